The third-order valence-electron chi connectivity index (χ3n) is 4.51. The van der Waals surface area contributed by atoms with E-state index in [-0.39, 0.29) is 15.6 Å². The maximum Gasteiger partial charge on any atom is 0.257 e. The van der Waals surface area contributed by atoms with Gasteiger partial charge in [-0.25, -0.2) is 0 Å². The minimum atomic E-state index is -0.499. The number of nitriles is 1. The Morgan fingerprint density at radius 3 is 2.21 bits per heavy atom. The number of hydrogen-bond donors (Lipinski definition) is 1. The fourth-order valence-electron chi connectivity index (χ4n) is 3.02. The molecular formula is C23H24Cl2N2O2. The minimum absolute atomic E-state index is 0.0989. The summed E-state index contributed by atoms with van der Waals surface area (Å²) < 4.78 is 5.13. The molecule has 0 atom stereocenters. The van der Waals surface area contributed by atoms with E-state index in [9.17, 15) is 10.1 Å². The molecule has 0 saturated heterocycles. The summed E-state index contributed by atoms with van der Waals surface area (Å²) in [6, 6.07) is 11.3. The maximum absolute atomic E-state index is 13.0. The fraction of sp³-hybridized carbons (Fsp3) is 0.304. The van der Waals surface area contributed by atoms with E-state index in [0.29, 0.717) is 17.0 Å². The Morgan fingerprint density at radius 2 is 1.69 bits per heavy atom. The lowest BCUT2D eigenvalue weighted by Gasteiger charge is -2.26. The third-order valence-corrected chi connectivity index (χ3v) is 5.38. The van der Waals surface area contributed by atoms with Gasteiger partial charge in [0, 0.05) is 11.1 Å². The van der Waals surface area contributed by atoms with Gasteiger partial charge < -0.3 is 10.1 Å². The van der Waals surface area contributed by atoms with Crippen LogP contribution in [0.5, 0.6) is 5.75 Å². The second-order valence-electron chi connectivity index (χ2n) is 7.83. The number of rotatable bonds is 4. The minimum Gasteiger partial charge on any atom is -0.495 e. The highest BCUT2D eigenvalue weighted by Gasteiger charge is 2.27. The topological polar surface area (TPSA) is 62.1 Å². The summed E-state index contributed by atoms with van der Waals surface area (Å²) in [5.74, 6) is -0.0604. The number of benzene rings is 2. The van der Waals surface area contributed by atoms with Gasteiger partial charge in [-0.3, -0.25) is 4.79 Å². The highest BCUT2D eigenvalue weighted by Crippen LogP contribution is 2.36. The largest absolute Gasteiger partial charge is 0.495 e. The van der Waals surface area contributed by atoms with Gasteiger partial charge in [0.2, 0.25) is 0 Å². The van der Waals surface area contributed by atoms with Crippen LogP contribution in [0.1, 0.15) is 47.8 Å². The first-order valence-corrected chi connectivity index (χ1v) is 9.82. The van der Waals surface area contributed by atoms with Crippen molar-refractivity contribution < 1.29 is 9.53 Å². The average molecular weight is 431 g/mol. The van der Waals surface area contributed by atoms with Gasteiger partial charge in [0.15, 0.2) is 0 Å². The highest BCUT2D eigenvalue weighted by molar-refractivity contribution is 6.44. The number of aryl methyl sites for hydroxylation is 2. The molecule has 0 spiro atoms. The van der Waals surface area contributed by atoms with Gasteiger partial charge in [0.1, 0.15) is 16.8 Å². The highest BCUT2D eigenvalue weighted by atomic mass is 35.5. The number of nitrogens with zero attached hydrogens (tertiary/aromatic N) is 1. The molecule has 4 nitrogen and oxygen atoms in total. The molecule has 0 aliphatic heterocycles. The quantitative estimate of drug-likeness (QED) is 0.576. The molecule has 0 fully saturated rings. The SMILES string of the molecule is COc1ccc(C(=O)N/C(=C(/C#N)c2ccc(C)cc2C)C(C)(C)C)c(Cl)c1Cl. The third kappa shape index (κ3) is 4.93. The summed E-state index contributed by atoms with van der Waals surface area (Å²) in [4.78, 5) is 13.0. The van der Waals surface area contributed by atoms with Gasteiger partial charge >= 0.3 is 0 Å². The Bertz CT molecular complexity index is 1030. The number of ether oxygens (including phenoxy) is 1. The molecule has 2 aromatic carbocycles. The lowest BCUT2D eigenvalue weighted by Crippen LogP contribution is -2.31. The van der Waals surface area contributed by atoms with E-state index in [1.807, 2.05) is 52.8 Å². The number of halogens is 2. The van der Waals surface area contributed by atoms with Crippen molar-refractivity contribution in [2.75, 3.05) is 7.11 Å². The lowest BCUT2D eigenvalue weighted by atomic mass is 9.85. The van der Waals surface area contributed by atoms with Gasteiger partial charge in [-0.1, -0.05) is 67.7 Å². The Morgan fingerprint density at radius 1 is 1.07 bits per heavy atom. The van der Waals surface area contributed by atoms with Crippen LogP contribution in [0.2, 0.25) is 10.0 Å². The first-order chi connectivity index (χ1) is 13.5. The van der Waals surface area contributed by atoms with Crippen LogP contribution < -0.4 is 10.1 Å². The van der Waals surface area contributed by atoms with Crippen LogP contribution in [0.15, 0.2) is 36.0 Å². The summed E-state index contributed by atoms with van der Waals surface area (Å²) >= 11 is 12.5. The number of carbonyl (C=O) groups is 1. The predicted molar refractivity (Wildman–Crippen MR) is 118 cm³/mol. The standard InChI is InChI=1S/C23H24Cl2N2O2/c1-13-7-8-15(14(2)11-13)17(12-26)21(23(3,4)5)27-22(28)16-9-10-18(29-6)20(25)19(16)24/h7-11H,1-6H3,(H,27,28)/b21-17-. The van der Waals surface area contributed by atoms with Crippen LogP contribution in [-0.2, 0) is 0 Å². The maximum atomic E-state index is 13.0. The zero-order valence-corrected chi connectivity index (χ0v) is 18.9. The zero-order chi connectivity index (χ0) is 21.9. The molecule has 152 valence electrons. The number of allylic oxidation sites excluding steroid dienone is 2. The smallest absolute Gasteiger partial charge is 0.257 e. The Balaban J connectivity index is 2.60. The van der Waals surface area contributed by atoms with E-state index in [0.717, 1.165) is 16.7 Å². The van der Waals surface area contributed by atoms with Crippen molar-refractivity contribution in [3.8, 4) is 11.8 Å². The summed E-state index contributed by atoms with van der Waals surface area (Å²) in [5, 5.41) is 13.1. The van der Waals surface area contributed by atoms with E-state index in [1.54, 1.807) is 12.1 Å². The first-order valence-electron chi connectivity index (χ1n) is 9.07. The summed E-state index contributed by atoms with van der Waals surface area (Å²) in [7, 11) is 1.47. The second-order valence-corrected chi connectivity index (χ2v) is 8.58. The van der Waals surface area contributed by atoms with Crippen molar-refractivity contribution in [3.05, 3.63) is 68.3 Å². The Kier molecular flexibility index (Phi) is 7.00. The van der Waals surface area contributed by atoms with E-state index >= 15 is 0 Å². The molecule has 0 aliphatic carbocycles. The summed E-state index contributed by atoms with van der Waals surface area (Å²) in [6.45, 7) is 9.75. The molecule has 29 heavy (non-hydrogen) atoms. The average Bonchev–Trinajstić information content (AvgIpc) is 2.64. The molecule has 0 aliphatic rings. The predicted octanol–water partition coefficient (Wildman–Crippen LogP) is 6.33. The normalized spacial score (nSPS) is 12.1. The van der Waals surface area contributed by atoms with Crippen LogP contribution in [-0.4, -0.2) is 13.0 Å². The van der Waals surface area contributed by atoms with Crippen LogP contribution in [0.3, 0.4) is 0 Å². The number of amides is 1. The monoisotopic (exact) mass is 430 g/mol. The molecule has 1 N–H and O–H groups in total. The molecule has 0 bridgehead atoms. The number of hydrogen-bond acceptors (Lipinski definition) is 3. The van der Waals surface area contributed by atoms with Gasteiger partial charge in [0.25, 0.3) is 5.91 Å². The summed E-state index contributed by atoms with van der Waals surface area (Å²) in [6.07, 6.45) is 0. The van der Waals surface area contributed by atoms with E-state index in [2.05, 4.69) is 11.4 Å². The first kappa shape index (κ1) is 22.8. The second kappa shape index (κ2) is 8.90. The van der Waals surface area contributed by atoms with Crippen molar-refractivity contribution in [2.45, 2.75) is 34.6 Å². The van der Waals surface area contributed by atoms with Gasteiger partial charge in [0.05, 0.1) is 23.3 Å². The van der Waals surface area contributed by atoms with Crippen molar-refractivity contribution in [1.29, 1.82) is 5.26 Å². The number of nitrogens with one attached hydrogen (secondary N) is 1. The molecule has 2 aromatic rings. The van der Waals surface area contributed by atoms with Crippen LogP contribution >= 0.6 is 23.2 Å². The molecule has 0 aromatic heterocycles. The van der Waals surface area contributed by atoms with Crippen molar-refractivity contribution >= 4 is 34.7 Å². The molecule has 0 saturated carbocycles. The molecule has 0 radical (unpaired) electrons. The van der Waals surface area contributed by atoms with Crippen molar-refractivity contribution in [1.82, 2.24) is 5.32 Å². The van der Waals surface area contributed by atoms with Crippen LogP contribution in [0.25, 0.3) is 5.57 Å². The van der Waals surface area contributed by atoms with Gasteiger partial charge in [-0.15, -0.1) is 0 Å². The Hall–Kier alpha value is -2.48. The zero-order valence-electron chi connectivity index (χ0n) is 17.4. The lowest BCUT2D eigenvalue weighted by molar-refractivity contribution is 0.0958. The molecular weight excluding hydrogens is 407 g/mol. The van der Waals surface area contributed by atoms with Crippen molar-refractivity contribution in [2.24, 2.45) is 5.41 Å². The molecule has 0 unspecified atom stereocenters. The van der Waals surface area contributed by atoms with E-state index in [4.69, 9.17) is 27.9 Å². The van der Waals surface area contributed by atoms with Crippen LogP contribution in [0, 0.1) is 30.6 Å². The molecule has 1 amide bonds. The fourth-order valence-corrected chi connectivity index (χ4v) is 3.50. The molecule has 0 heterocycles. The van der Waals surface area contributed by atoms with E-state index in [1.165, 1.54) is 7.11 Å². The number of methoxy groups -OCH3 is 1. The Labute approximate surface area is 182 Å². The van der Waals surface area contributed by atoms with Crippen LogP contribution in [0.4, 0.5) is 0 Å². The van der Waals surface area contributed by atoms with Crippen molar-refractivity contribution in [3.63, 3.8) is 0 Å². The van der Waals surface area contributed by atoms with Gasteiger partial charge in [-0.2, -0.15) is 5.26 Å². The molecule has 2 rings (SSSR count). The molecule has 6 heteroatoms. The number of carbonyl (C=O) groups excluding carboxylic acids is 1. The summed E-state index contributed by atoms with van der Waals surface area (Å²) in [5.41, 5.74) is 3.48. The van der Waals surface area contributed by atoms with Gasteiger partial charge in [-0.05, 0) is 37.1 Å². The van der Waals surface area contributed by atoms with E-state index < -0.39 is 11.3 Å².